The minimum atomic E-state index is 0.121. The van der Waals surface area contributed by atoms with Gasteiger partial charge in [-0.1, -0.05) is 13.0 Å². The van der Waals surface area contributed by atoms with Crippen LogP contribution >= 0.6 is 0 Å². The Balaban J connectivity index is 2.13. The van der Waals surface area contributed by atoms with Crippen molar-refractivity contribution in [2.45, 2.75) is 13.3 Å². The molecule has 1 aromatic carbocycles. The van der Waals surface area contributed by atoms with Gasteiger partial charge < -0.3 is 19.5 Å². The van der Waals surface area contributed by atoms with E-state index in [0.717, 1.165) is 44.2 Å². The second kappa shape index (κ2) is 6.26. The zero-order valence-electron chi connectivity index (χ0n) is 12.0. The fraction of sp³-hybridized carbons (Fsp3) is 0.600. The highest BCUT2D eigenvalue weighted by Crippen LogP contribution is 2.31. The van der Waals surface area contributed by atoms with Crippen LogP contribution in [0.2, 0.25) is 0 Å². The molecule has 1 aliphatic heterocycles. The van der Waals surface area contributed by atoms with Crippen LogP contribution in [0.15, 0.2) is 18.2 Å². The SMILES string of the molecule is COc1ccc(CC2(C)CNCCOC2)cc1OC. The van der Waals surface area contributed by atoms with Crippen molar-refractivity contribution >= 4 is 0 Å². The third-order valence-electron chi connectivity index (χ3n) is 3.50. The van der Waals surface area contributed by atoms with Crippen LogP contribution in [0.5, 0.6) is 11.5 Å². The predicted octanol–water partition coefficient (Wildman–Crippen LogP) is 1.87. The van der Waals surface area contributed by atoms with Crippen molar-refractivity contribution in [3.05, 3.63) is 23.8 Å². The summed E-state index contributed by atoms with van der Waals surface area (Å²) in [5.41, 5.74) is 1.36. The first-order chi connectivity index (χ1) is 9.17. The zero-order chi connectivity index (χ0) is 13.7. The Morgan fingerprint density at radius 3 is 2.79 bits per heavy atom. The lowest BCUT2D eigenvalue weighted by Gasteiger charge is -2.27. The standard InChI is InChI=1S/C15H23NO3/c1-15(10-16-6-7-19-11-15)9-12-4-5-13(17-2)14(8-12)18-3/h4-5,8,16H,6-7,9-11H2,1-3H3. The fourth-order valence-corrected chi connectivity index (χ4v) is 2.50. The van der Waals surface area contributed by atoms with Crippen LogP contribution in [-0.4, -0.2) is 40.5 Å². The maximum atomic E-state index is 5.67. The molecule has 2 rings (SSSR count). The molecule has 0 saturated carbocycles. The third kappa shape index (κ3) is 3.61. The van der Waals surface area contributed by atoms with Crippen molar-refractivity contribution in [1.82, 2.24) is 5.32 Å². The highest BCUT2D eigenvalue weighted by molar-refractivity contribution is 5.43. The van der Waals surface area contributed by atoms with Gasteiger partial charge in [-0.2, -0.15) is 0 Å². The molecule has 1 N–H and O–H groups in total. The van der Waals surface area contributed by atoms with Gasteiger partial charge >= 0.3 is 0 Å². The predicted molar refractivity (Wildman–Crippen MR) is 75.0 cm³/mol. The maximum absolute atomic E-state index is 5.67. The summed E-state index contributed by atoms with van der Waals surface area (Å²) in [7, 11) is 3.32. The van der Waals surface area contributed by atoms with Gasteiger partial charge in [-0.3, -0.25) is 0 Å². The number of hydrogen-bond acceptors (Lipinski definition) is 4. The molecule has 0 bridgehead atoms. The van der Waals surface area contributed by atoms with E-state index < -0.39 is 0 Å². The molecule has 4 nitrogen and oxygen atoms in total. The Kier molecular flexibility index (Phi) is 4.66. The van der Waals surface area contributed by atoms with E-state index in [0.29, 0.717) is 0 Å². The summed E-state index contributed by atoms with van der Waals surface area (Å²) in [5.74, 6) is 1.55. The highest BCUT2D eigenvalue weighted by atomic mass is 16.5. The van der Waals surface area contributed by atoms with Gasteiger partial charge in [0, 0.05) is 18.5 Å². The van der Waals surface area contributed by atoms with Gasteiger partial charge in [0.2, 0.25) is 0 Å². The van der Waals surface area contributed by atoms with Gasteiger partial charge in [0.1, 0.15) is 0 Å². The number of ether oxygens (including phenoxy) is 3. The van der Waals surface area contributed by atoms with E-state index in [1.807, 2.05) is 6.07 Å². The summed E-state index contributed by atoms with van der Waals surface area (Å²) in [6.45, 7) is 5.74. The van der Waals surface area contributed by atoms with Crippen LogP contribution in [-0.2, 0) is 11.2 Å². The van der Waals surface area contributed by atoms with E-state index in [1.54, 1.807) is 14.2 Å². The van der Waals surface area contributed by atoms with Crippen molar-refractivity contribution in [1.29, 1.82) is 0 Å². The van der Waals surface area contributed by atoms with E-state index in [2.05, 4.69) is 24.4 Å². The molecule has 1 heterocycles. The smallest absolute Gasteiger partial charge is 0.160 e. The number of rotatable bonds is 4. The molecule has 0 aliphatic carbocycles. The molecule has 1 saturated heterocycles. The minimum Gasteiger partial charge on any atom is -0.493 e. The van der Waals surface area contributed by atoms with E-state index in [-0.39, 0.29) is 5.41 Å². The van der Waals surface area contributed by atoms with Crippen LogP contribution in [0.3, 0.4) is 0 Å². The largest absolute Gasteiger partial charge is 0.493 e. The molecule has 1 atom stereocenters. The van der Waals surface area contributed by atoms with Gasteiger partial charge in [0.05, 0.1) is 27.4 Å². The second-order valence-corrected chi connectivity index (χ2v) is 5.41. The summed E-state index contributed by atoms with van der Waals surface area (Å²) >= 11 is 0. The van der Waals surface area contributed by atoms with Gasteiger partial charge in [-0.25, -0.2) is 0 Å². The molecule has 0 radical (unpaired) electrons. The molecular formula is C15H23NO3. The van der Waals surface area contributed by atoms with E-state index in [4.69, 9.17) is 14.2 Å². The van der Waals surface area contributed by atoms with E-state index in [9.17, 15) is 0 Å². The second-order valence-electron chi connectivity index (χ2n) is 5.41. The summed E-state index contributed by atoms with van der Waals surface area (Å²) in [6, 6.07) is 6.11. The molecule has 1 aliphatic rings. The summed E-state index contributed by atoms with van der Waals surface area (Å²) in [6.07, 6.45) is 0.959. The van der Waals surface area contributed by atoms with Gasteiger partial charge in [0.15, 0.2) is 11.5 Å². The molecule has 1 aromatic rings. The number of hydrogen-bond donors (Lipinski definition) is 1. The van der Waals surface area contributed by atoms with Crippen LogP contribution in [0, 0.1) is 5.41 Å². The Labute approximate surface area is 115 Å². The van der Waals surface area contributed by atoms with Crippen molar-refractivity contribution in [2.24, 2.45) is 5.41 Å². The lowest BCUT2D eigenvalue weighted by Crippen LogP contribution is -2.34. The van der Waals surface area contributed by atoms with E-state index in [1.165, 1.54) is 5.56 Å². The Hall–Kier alpha value is -1.26. The van der Waals surface area contributed by atoms with Crippen molar-refractivity contribution in [3.8, 4) is 11.5 Å². The lowest BCUT2D eigenvalue weighted by molar-refractivity contribution is 0.0796. The Bertz CT molecular complexity index is 412. The van der Waals surface area contributed by atoms with Crippen molar-refractivity contribution in [2.75, 3.05) is 40.5 Å². The molecule has 19 heavy (non-hydrogen) atoms. The quantitative estimate of drug-likeness (QED) is 0.902. The number of nitrogens with one attached hydrogen (secondary N) is 1. The first-order valence-electron chi connectivity index (χ1n) is 6.66. The third-order valence-corrected chi connectivity index (χ3v) is 3.50. The van der Waals surface area contributed by atoms with Gasteiger partial charge in [-0.05, 0) is 24.1 Å². The number of benzene rings is 1. The Morgan fingerprint density at radius 1 is 1.26 bits per heavy atom. The average Bonchev–Trinajstić information content (AvgIpc) is 2.63. The first kappa shape index (κ1) is 14.2. The normalized spacial score (nSPS) is 23.7. The summed E-state index contributed by atoms with van der Waals surface area (Å²) in [4.78, 5) is 0. The molecule has 0 aromatic heterocycles. The van der Waals surface area contributed by atoms with Crippen LogP contribution < -0.4 is 14.8 Å². The zero-order valence-corrected chi connectivity index (χ0v) is 12.0. The molecule has 1 unspecified atom stereocenters. The minimum absolute atomic E-state index is 0.121. The van der Waals surface area contributed by atoms with Gasteiger partial charge in [0.25, 0.3) is 0 Å². The highest BCUT2D eigenvalue weighted by Gasteiger charge is 2.27. The first-order valence-corrected chi connectivity index (χ1v) is 6.66. The van der Waals surface area contributed by atoms with Crippen LogP contribution in [0.25, 0.3) is 0 Å². The fourth-order valence-electron chi connectivity index (χ4n) is 2.50. The topological polar surface area (TPSA) is 39.7 Å². The van der Waals surface area contributed by atoms with Crippen LogP contribution in [0.1, 0.15) is 12.5 Å². The van der Waals surface area contributed by atoms with Crippen LogP contribution in [0.4, 0.5) is 0 Å². The Morgan fingerprint density at radius 2 is 2.05 bits per heavy atom. The molecule has 1 fully saturated rings. The molecule has 0 spiro atoms. The molecule has 106 valence electrons. The monoisotopic (exact) mass is 265 g/mol. The van der Waals surface area contributed by atoms with Crippen molar-refractivity contribution < 1.29 is 14.2 Å². The summed E-state index contributed by atoms with van der Waals surface area (Å²) in [5, 5.41) is 3.43. The maximum Gasteiger partial charge on any atom is 0.160 e. The lowest BCUT2D eigenvalue weighted by atomic mass is 9.84. The number of methoxy groups -OCH3 is 2. The molecular weight excluding hydrogens is 242 g/mol. The average molecular weight is 265 g/mol. The summed E-state index contributed by atoms with van der Waals surface area (Å²) < 4.78 is 16.3. The van der Waals surface area contributed by atoms with Crippen molar-refractivity contribution in [3.63, 3.8) is 0 Å². The van der Waals surface area contributed by atoms with Gasteiger partial charge in [-0.15, -0.1) is 0 Å². The molecule has 0 amide bonds. The van der Waals surface area contributed by atoms with E-state index >= 15 is 0 Å². The molecule has 4 heteroatoms.